The largest absolute Gasteiger partial charge is 0.481 e. The van der Waals surface area contributed by atoms with E-state index >= 15 is 0 Å². The summed E-state index contributed by atoms with van der Waals surface area (Å²) in [6, 6.07) is 15.2. The van der Waals surface area contributed by atoms with E-state index < -0.39 is 0 Å². The van der Waals surface area contributed by atoms with Gasteiger partial charge in [0, 0.05) is 6.20 Å². The van der Waals surface area contributed by atoms with Crippen molar-refractivity contribution in [3.05, 3.63) is 60.6 Å². The predicted molar refractivity (Wildman–Crippen MR) is 77.6 cm³/mol. The molecule has 5 heteroatoms. The molecule has 0 saturated carbocycles. The Morgan fingerprint density at radius 3 is 2.62 bits per heavy atom. The molecule has 2 heterocycles. The number of rotatable bonds is 5. The van der Waals surface area contributed by atoms with Crippen molar-refractivity contribution in [1.29, 1.82) is 0 Å². The zero-order valence-corrected chi connectivity index (χ0v) is 11.6. The van der Waals surface area contributed by atoms with E-state index in [2.05, 4.69) is 15.1 Å². The minimum absolute atomic E-state index is 0.266. The molecule has 0 saturated heterocycles. The summed E-state index contributed by atoms with van der Waals surface area (Å²) in [6.45, 7) is 2.01. The number of ether oxygens (including phenoxy) is 1. The number of hydrogen-bond acceptors (Lipinski definition) is 5. The third kappa shape index (κ3) is 3.08. The highest BCUT2D eigenvalue weighted by Crippen LogP contribution is 2.24. The van der Waals surface area contributed by atoms with Crippen LogP contribution in [-0.4, -0.2) is 15.1 Å². The first-order chi connectivity index (χ1) is 10.4. The lowest BCUT2D eigenvalue weighted by Gasteiger charge is -2.13. The van der Waals surface area contributed by atoms with Gasteiger partial charge < -0.3 is 9.26 Å². The molecule has 0 bridgehead atoms. The molecule has 0 unspecified atom stereocenters. The zero-order valence-electron chi connectivity index (χ0n) is 11.6. The van der Waals surface area contributed by atoms with Gasteiger partial charge in [-0.2, -0.15) is 4.98 Å². The molecule has 0 aliphatic rings. The summed E-state index contributed by atoms with van der Waals surface area (Å²) in [6.07, 6.45) is 2.17. The fraction of sp³-hybridized carbons (Fsp3) is 0.188. The van der Waals surface area contributed by atoms with Crippen LogP contribution in [0.5, 0.6) is 5.75 Å². The normalized spacial score (nSPS) is 12.0. The second kappa shape index (κ2) is 6.17. The Kier molecular flexibility index (Phi) is 3.91. The van der Waals surface area contributed by atoms with Crippen LogP contribution in [-0.2, 0) is 0 Å². The molecule has 0 aliphatic carbocycles. The Morgan fingerprint density at radius 1 is 1.10 bits per heavy atom. The lowest BCUT2D eigenvalue weighted by Crippen LogP contribution is -2.06. The molecule has 1 atom stereocenters. The molecule has 0 amide bonds. The molecular formula is C16H15N3O2. The molecule has 0 radical (unpaired) electrons. The van der Waals surface area contributed by atoms with Crippen molar-refractivity contribution < 1.29 is 9.26 Å². The minimum Gasteiger partial charge on any atom is -0.481 e. The average Bonchev–Trinajstić information content (AvgIpc) is 3.04. The van der Waals surface area contributed by atoms with Crippen LogP contribution in [0.15, 0.2) is 59.3 Å². The SMILES string of the molecule is CC[C@@H](Oc1ccccc1)c1nc(-c2ccccn2)no1. The maximum atomic E-state index is 5.88. The number of para-hydroxylation sites is 1. The van der Waals surface area contributed by atoms with E-state index in [0.717, 1.165) is 12.2 Å². The second-order valence-electron chi connectivity index (χ2n) is 4.50. The number of benzene rings is 1. The van der Waals surface area contributed by atoms with Crippen LogP contribution >= 0.6 is 0 Å². The summed E-state index contributed by atoms with van der Waals surface area (Å²) >= 11 is 0. The molecule has 1 aromatic carbocycles. The molecule has 0 fully saturated rings. The topological polar surface area (TPSA) is 61.0 Å². The van der Waals surface area contributed by atoms with Gasteiger partial charge in [-0.3, -0.25) is 4.98 Å². The highest BCUT2D eigenvalue weighted by atomic mass is 16.5. The van der Waals surface area contributed by atoms with Crippen LogP contribution in [0, 0.1) is 0 Å². The fourth-order valence-electron chi connectivity index (χ4n) is 1.94. The standard InChI is InChI=1S/C16H15N3O2/c1-2-14(20-12-8-4-3-5-9-12)16-18-15(19-21-16)13-10-6-7-11-17-13/h3-11,14H,2H2,1H3/t14-/m1/s1. The van der Waals surface area contributed by atoms with Gasteiger partial charge in [0.15, 0.2) is 6.10 Å². The first kappa shape index (κ1) is 13.3. The van der Waals surface area contributed by atoms with E-state index in [4.69, 9.17) is 9.26 Å². The van der Waals surface area contributed by atoms with Gasteiger partial charge in [0.05, 0.1) is 0 Å². The monoisotopic (exact) mass is 281 g/mol. The summed E-state index contributed by atoms with van der Waals surface area (Å²) in [4.78, 5) is 8.59. The van der Waals surface area contributed by atoms with Gasteiger partial charge in [0.1, 0.15) is 11.4 Å². The van der Waals surface area contributed by atoms with Gasteiger partial charge in [-0.15, -0.1) is 0 Å². The first-order valence-electron chi connectivity index (χ1n) is 6.83. The van der Waals surface area contributed by atoms with Crippen LogP contribution in [0.25, 0.3) is 11.5 Å². The lowest BCUT2D eigenvalue weighted by atomic mass is 10.2. The Hall–Kier alpha value is -2.69. The van der Waals surface area contributed by atoms with Crippen LogP contribution in [0.2, 0.25) is 0 Å². The molecule has 106 valence electrons. The molecule has 21 heavy (non-hydrogen) atoms. The number of nitrogens with zero attached hydrogens (tertiary/aromatic N) is 3. The van der Waals surface area contributed by atoms with Crippen molar-refractivity contribution >= 4 is 0 Å². The van der Waals surface area contributed by atoms with E-state index in [1.54, 1.807) is 6.20 Å². The number of pyridine rings is 1. The molecule has 3 aromatic rings. The van der Waals surface area contributed by atoms with Crippen LogP contribution < -0.4 is 4.74 Å². The third-order valence-electron chi connectivity index (χ3n) is 3.00. The van der Waals surface area contributed by atoms with Crippen molar-refractivity contribution in [1.82, 2.24) is 15.1 Å². The number of hydrogen-bond donors (Lipinski definition) is 0. The van der Waals surface area contributed by atoms with Crippen LogP contribution in [0.1, 0.15) is 25.3 Å². The summed E-state index contributed by atoms with van der Waals surface area (Å²) in [5, 5.41) is 3.97. The summed E-state index contributed by atoms with van der Waals surface area (Å²) in [5.74, 6) is 1.71. The van der Waals surface area contributed by atoms with Crippen molar-refractivity contribution in [2.24, 2.45) is 0 Å². The second-order valence-corrected chi connectivity index (χ2v) is 4.50. The van der Waals surface area contributed by atoms with E-state index in [1.807, 2.05) is 55.5 Å². The summed E-state index contributed by atoms with van der Waals surface area (Å²) < 4.78 is 11.2. The minimum atomic E-state index is -0.266. The van der Waals surface area contributed by atoms with Gasteiger partial charge in [-0.05, 0) is 30.7 Å². The third-order valence-corrected chi connectivity index (χ3v) is 3.00. The Balaban J connectivity index is 1.81. The van der Waals surface area contributed by atoms with Crippen molar-refractivity contribution in [3.63, 3.8) is 0 Å². The zero-order chi connectivity index (χ0) is 14.5. The van der Waals surface area contributed by atoms with E-state index in [0.29, 0.717) is 17.4 Å². The van der Waals surface area contributed by atoms with Gasteiger partial charge >= 0.3 is 0 Å². The smallest absolute Gasteiger partial charge is 0.268 e. The first-order valence-corrected chi connectivity index (χ1v) is 6.83. The van der Waals surface area contributed by atoms with Gasteiger partial charge in [-0.1, -0.05) is 36.3 Å². The number of aromatic nitrogens is 3. The van der Waals surface area contributed by atoms with Crippen LogP contribution in [0.3, 0.4) is 0 Å². The van der Waals surface area contributed by atoms with Crippen molar-refractivity contribution in [3.8, 4) is 17.3 Å². The van der Waals surface area contributed by atoms with Gasteiger partial charge in [0.25, 0.3) is 5.89 Å². The van der Waals surface area contributed by atoms with Gasteiger partial charge in [-0.25, -0.2) is 0 Å². The Bertz CT molecular complexity index is 683. The average molecular weight is 281 g/mol. The summed E-state index contributed by atoms with van der Waals surface area (Å²) in [7, 11) is 0. The maximum Gasteiger partial charge on any atom is 0.268 e. The fourth-order valence-corrected chi connectivity index (χ4v) is 1.94. The molecule has 3 rings (SSSR count). The highest BCUT2D eigenvalue weighted by molar-refractivity contribution is 5.47. The van der Waals surface area contributed by atoms with Crippen molar-refractivity contribution in [2.75, 3.05) is 0 Å². The maximum absolute atomic E-state index is 5.88. The predicted octanol–water partition coefficient (Wildman–Crippen LogP) is 3.66. The lowest BCUT2D eigenvalue weighted by molar-refractivity contribution is 0.154. The van der Waals surface area contributed by atoms with Crippen molar-refractivity contribution in [2.45, 2.75) is 19.4 Å². The Labute approximate surface area is 122 Å². The van der Waals surface area contributed by atoms with E-state index in [9.17, 15) is 0 Å². The molecular weight excluding hydrogens is 266 g/mol. The summed E-state index contributed by atoms with van der Waals surface area (Å²) in [5.41, 5.74) is 0.682. The van der Waals surface area contributed by atoms with E-state index in [-0.39, 0.29) is 6.10 Å². The molecule has 0 N–H and O–H groups in total. The quantitative estimate of drug-likeness (QED) is 0.714. The Morgan fingerprint density at radius 2 is 1.90 bits per heavy atom. The highest BCUT2D eigenvalue weighted by Gasteiger charge is 2.20. The van der Waals surface area contributed by atoms with Gasteiger partial charge in [0.2, 0.25) is 5.82 Å². The molecule has 2 aromatic heterocycles. The molecule has 5 nitrogen and oxygen atoms in total. The molecule has 0 spiro atoms. The van der Waals surface area contributed by atoms with Crippen LogP contribution in [0.4, 0.5) is 0 Å². The molecule has 0 aliphatic heterocycles. The van der Waals surface area contributed by atoms with E-state index in [1.165, 1.54) is 0 Å².